The van der Waals surface area contributed by atoms with Gasteiger partial charge in [-0.05, 0) is 69.5 Å². The highest BCUT2D eigenvalue weighted by atomic mass is 19.1. The Hall–Kier alpha value is -2.89. The summed E-state index contributed by atoms with van der Waals surface area (Å²) in [5.41, 5.74) is 2.77. The minimum Gasteiger partial charge on any atom is -0.483 e. The van der Waals surface area contributed by atoms with Crippen LogP contribution in [0.2, 0.25) is 0 Å². The molecule has 0 aliphatic heterocycles. The lowest BCUT2D eigenvalue weighted by molar-refractivity contribution is -0.142. The first-order valence-corrected chi connectivity index (χ1v) is 9.72. The third kappa shape index (κ3) is 6.31. The smallest absolute Gasteiger partial charge is 0.261 e. The second kappa shape index (κ2) is 10.0. The molecular weight excluding hydrogens is 371 g/mol. The Morgan fingerprint density at radius 1 is 1.07 bits per heavy atom. The molecule has 2 amide bonds. The van der Waals surface area contributed by atoms with E-state index in [4.69, 9.17) is 4.74 Å². The Morgan fingerprint density at radius 2 is 1.72 bits per heavy atom. The summed E-state index contributed by atoms with van der Waals surface area (Å²) in [4.78, 5) is 26.9. The van der Waals surface area contributed by atoms with E-state index in [1.165, 1.54) is 17.0 Å². The SMILES string of the molecule is Cc1cccc(OCC(=O)N(Cc2ccc(F)cc2)[C@@H](C)C(=O)NC(C)C)c1C. The highest BCUT2D eigenvalue weighted by Crippen LogP contribution is 2.21. The van der Waals surface area contributed by atoms with Gasteiger partial charge >= 0.3 is 0 Å². The van der Waals surface area contributed by atoms with Crippen molar-refractivity contribution in [3.05, 3.63) is 65.0 Å². The number of amides is 2. The van der Waals surface area contributed by atoms with Gasteiger partial charge in [-0.15, -0.1) is 0 Å². The fourth-order valence-corrected chi connectivity index (χ4v) is 2.88. The maximum Gasteiger partial charge on any atom is 0.261 e. The van der Waals surface area contributed by atoms with Crippen LogP contribution in [0.4, 0.5) is 4.39 Å². The zero-order valence-corrected chi connectivity index (χ0v) is 17.7. The third-order valence-corrected chi connectivity index (χ3v) is 4.77. The van der Waals surface area contributed by atoms with E-state index in [0.29, 0.717) is 5.75 Å². The van der Waals surface area contributed by atoms with Gasteiger partial charge in [0.1, 0.15) is 17.6 Å². The fraction of sp³-hybridized carbons (Fsp3) is 0.391. The molecule has 0 saturated carbocycles. The number of aryl methyl sites for hydroxylation is 1. The Bertz CT molecular complexity index is 850. The Kier molecular flexibility index (Phi) is 7.76. The molecule has 0 aromatic heterocycles. The molecule has 2 aromatic rings. The molecule has 156 valence electrons. The van der Waals surface area contributed by atoms with Gasteiger partial charge in [-0.3, -0.25) is 9.59 Å². The number of nitrogens with zero attached hydrogens (tertiary/aromatic N) is 1. The molecule has 2 rings (SSSR count). The predicted molar refractivity (Wildman–Crippen MR) is 111 cm³/mol. The lowest BCUT2D eigenvalue weighted by Crippen LogP contribution is -2.50. The Labute approximate surface area is 171 Å². The van der Waals surface area contributed by atoms with Crippen LogP contribution in [0.1, 0.15) is 37.5 Å². The van der Waals surface area contributed by atoms with Crippen LogP contribution in [0.15, 0.2) is 42.5 Å². The largest absolute Gasteiger partial charge is 0.483 e. The van der Waals surface area contributed by atoms with Crippen molar-refractivity contribution < 1.29 is 18.7 Å². The lowest BCUT2D eigenvalue weighted by Gasteiger charge is -2.29. The van der Waals surface area contributed by atoms with E-state index in [1.807, 2.05) is 45.9 Å². The number of carbonyl (C=O) groups is 2. The van der Waals surface area contributed by atoms with Crippen LogP contribution in [0.3, 0.4) is 0 Å². The van der Waals surface area contributed by atoms with Crippen LogP contribution in [0.25, 0.3) is 0 Å². The molecule has 0 unspecified atom stereocenters. The van der Waals surface area contributed by atoms with Gasteiger partial charge in [-0.25, -0.2) is 4.39 Å². The van der Waals surface area contributed by atoms with Gasteiger partial charge in [0, 0.05) is 12.6 Å². The van der Waals surface area contributed by atoms with E-state index in [2.05, 4.69) is 5.32 Å². The minimum absolute atomic E-state index is 0.0427. The first kappa shape index (κ1) is 22.4. The summed E-state index contributed by atoms with van der Waals surface area (Å²) in [5.74, 6) is -0.279. The Balaban J connectivity index is 2.17. The molecule has 0 radical (unpaired) electrons. The second-order valence-corrected chi connectivity index (χ2v) is 7.47. The van der Waals surface area contributed by atoms with Crippen LogP contribution >= 0.6 is 0 Å². The number of benzene rings is 2. The number of rotatable bonds is 8. The summed E-state index contributed by atoms with van der Waals surface area (Å²) in [6.07, 6.45) is 0. The van der Waals surface area contributed by atoms with Gasteiger partial charge < -0.3 is 15.0 Å². The van der Waals surface area contributed by atoms with E-state index < -0.39 is 6.04 Å². The molecule has 0 bridgehead atoms. The molecule has 1 N–H and O–H groups in total. The summed E-state index contributed by atoms with van der Waals surface area (Å²) < 4.78 is 19.0. The van der Waals surface area contributed by atoms with Gasteiger partial charge in [0.05, 0.1) is 0 Å². The molecule has 1 atom stereocenters. The van der Waals surface area contributed by atoms with Crippen molar-refractivity contribution in [3.8, 4) is 5.75 Å². The summed E-state index contributed by atoms with van der Waals surface area (Å²) in [5, 5.41) is 2.83. The molecule has 2 aromatic carbocycles. The van der Waals surface area contributed by atoms with E-state index in [0.717, 1.165) is 16.7 Å². The average molecular weight is 400 g/mol. The quantitative estimate of drug-likeness (QED) is 0.734. The van der Waals surface area contributed by atoms with Crippen LogP contribution < -0.4 is 10.1 Å². The molecule has 0 aliphatic rings. The third-order valence-electron chi connectivity index (χ3n) is 4.77. The monoisotopic (exact) mass is 400 g/mol. The minimum atomic E-state index is -0.697. The molecule has 0 saturated heterocycles. The van der Waals surface area contributed by atoms with Crippen molar-refractivity contribution in [2.24, 2.45) is 0 Å². The molecule has 6 heteroatoms. The predicted octanol–water partition coefficient (Wildman–Crippen LogP) is 3.76. The Morgan fingerprint density at radius 3 is 2.34 bits per heavy atom. The van der Waals surface area contributed by atoms with Crippen LogP contribution in [0.5, 0.6) is 5.75 Å². The summed E-state index contributed by atoms with van der Waals surface area (Å²) >= 11 is 0. The lowest BCUT2D eigenvalue weighted by atomic mass is 10.1. The summed E-state index contributed by atoms with van der Waals surface area (Å²) in [6.45, 7) is 9.30. The van der Waals surface area contributed by atoms with Crippen molar-refractivity contribution in [3.63, 3.8) is 0 Å². The van der Waals surface area contributed by atoms with Gasteiger partial charge in [-0.1, -0.05) is 24.3 Å². The maximum atomic E-state index is 13.2. The maximum absolute atomic E-state index is 13.2. The fourth-order valence-electron chi connectivity index (χ4n) is 2.88. The van der Waals surface area contributed by atoms with Crippen LogP contribution in [-0.4, -0.2) is 35.4 Å². The van der Waals surface area contributed by atoms with Gasteiger partial charge in [-0.2, -0.15) is 0 Å². The number of hydrogen-bond acceptors (Lipinski definition) is 3. The number of carbonyl (C=O) groups excluding carboxylic acids is 2. The summed E-state index contributed by atoms with van der Waals surface area (Å²) in [7, 11) is 0. The van der Waals surface area contributed by atoms with Crippen LogP contribution in [0, 0.1) is 19.7 Å². The molecular formula is C23H29FN2O3. The van der Waals surface area contributed by atoms with Crippen LogP contribution in [-0.2, 0) is 16.1 Å². The number of hydrogen-bond donors (Lipinski definition) is 1. The highest BCUT2D eigenvalue weighted by molar-refractivity contribution is 5.88. The first-order valence-electron chi connectivity index (χ1n) is 9.72. The van der Waals surface area contributed by atoms with Gasteiger partial charge in [0.2, 0.25) is 5.91 Å². The number of ether oxygens (including phenoxy) is 1. The van der Waals surface area contributed by atoms with Gasteiger partial charge in [0.25, 0.3) is 5.91 Å². The molecule has 0 aliphatic carbocycles. The first-order chi connectivity index (χ1) is 13.7. The van der Waals surface area contributed by atoms with Crippen molar-refractivity contribution in [2.45, 2.75) is 53.2 Å². The second-order valence-electron chi connectivity index (χ2n) is 7.47. The standard InChI is InChI=1S/C23H29FN2O3/c1-15(2)25-23(28)18(5)26(13-19-9-11-20(24)12-10-19)22(27)14-29-21-8-6-7-16(3)17(21)4/h6-12,15,18H,13-14H2,1-5H3,(H,25,28)/t18-/m0/s1. The molecule has 0 fully saturated rings. The van der Waals surface area contributed by atoms with Crippen molar-refractivity contribution in [1.82, 2.24) is 10.2 Å². The van der Waals surface area contributed by atoms with Crippen molar-refractivity contribution in [2.75, 3.05) is 6.61 Å². The van der Waals surface area contributed by atoms with E-state index in [-0.39, 0.29) is 36.8 Å². The highest BCUT2D eigenvalue weighted by Gasteiger charge is 2.27. The van der Waals surface area contributed by atoms with Gasteiger partial charge in [0.15, 0.2) is 6.61 Å². The number of nitrogens with one attached hydrogen (secondary N) is 1. The zero-order valence-electron chi connectivity index (χ0n) is 17.7. The normalized spacial score (nSPS) is 11.8. The molecule has 0 spiro atoms. The molecule has 29 heavy (non-hydrogen) atoms. The molecule has 5 nitrogen and oxygen atoms in total. The number of halogens is 1. The zero-order chi connectivity index (χ0) is 21.6. The van der Waals surface area contributed by atoms with E-state index in [9.17, 15) is 14.0 Å². The van der Waals surface area contributed by atoms with Crippen molar-refractivity contribution in [1.29, 1.82) is 0 Å². The van der Waals surface area contributed by atoms with E-state index >= 15 is 0 Å². The molecule has 0 heterocycles. The van der Waals surface area contributed by atoms with Crippen molar-refractivity contribution >= 4 is 11.8 Å². The topological polar surface area (TPSA) is 58.6 Å². The average Bonchev–Trinajstić information content (AvgIpc) is 2.67. The summed E-state index contributed by atoms with van der Waals surface area (Å²) in [6, 6.07) is 10.8. The van der Waals surface area contributed by atoms with E-state index in [1.54, 1.807) is 19.1 Å².